The molecule has 1 fully saturated rings. The van der Waals surface area contributed by atoms with Crippen LogP contribution in [0.5, 0.6) is 0 Å². The minimum atomic E-state index is -0.0317. The van der Waals surface area contributed by atoms with Gasteiger partial charge in [0.05, 0.1) is 5.69 Å². The van der Waals surface area contributed by atoms with Crippen molar-refractivity contribution in [3.8, 4) is 5.69 Å². The number of hydrogen-bond acceptors (Lipinski definition) is 4. The van der Waals surface area contributed by atoms with Crippen molar-refractivity contribution in [2.75, 3.05) is 18.5 Å². The molecule has 1 saturated heterocycles. The molecule has 6 nitrogen and oxygen atoms in total. The number of hydrogen-bond donors (Lipinski definition) is 1. The number of carbonyl (C=O) groups excluding carboxylic acids is 1. The molecule has 1 aromatic heterocycles. The van der Waals surface area contributed by atoms with Crippen molar-refractivity contribution in [3.05, 3.63) is 36.7 Å². The van der Waals surface area contributed by atoms with Gasteiger partial charge in [-0.25, -0.2) is 0 Å². The van der Waals surface area contributed by atoms with Crippen LogP contribution in [-0.2, 0) is 9.53 Å². The summed E-state index contributed by atoms with van der Waals surface area (Å²) in [6.45, 7) is 1.62. The van der Waals surface area contributed by atoms with Gasteiger partial charge in [0.1, 0.15) is 6.33 Å². The number of nitrogens with zero attached hydrogens (tertiary/aromatic N) is 3. The van der Waals surface area contributed by atoms with E-state index in [0.29, 0.717) is 18.3 Å². The van der Waals surface area contributed by atoms with E-state index in [2.05, 4.69) is 15.5 Å². The summed E-state index contributed by atoms with van der Waals surface area (Å²) < 4.78 is 7.20. The summed E-state index contributed by atoms with van der Waals surface area (Å²) in [5, 5.41) is 10.7. The summed E-state index contributed by atoms with van der Waals surface area (Å²) in [5.41, 5.74) is 0.920. The molecule has 3 rings (SSSR count). The third kappa shape index (κ3) is 3.71. The van der Waals surface area contributed by atoms with Crippen molar-refractivity contribution in [2.24, 2.45) is 5.92 Å². The molecular weight excluding hydrogens is 280 g/mol. The van der Waals surface area contributed by atoms with Crippen LogP contribution in [-0.4, -0.2) is 33.9 Å². The summed E-state index contributed by atoms with van der Waals surface area (Å²) >= 11 is 0. The largest absolute Gasteiger partial charge is 0.381 e. The Balaban J connectivity index is 1.57. The highest BCUT2D eigenvalue weighted by Crippen LogP contribution is 2.19. The molecule has 1 amide bonds. The van der Waals surface area contributed by atoms with E-state index in [1.807, 2.05) is 30.3 Å². The van der Waals surface area contributed by atoms with Crippen LogP contribution in [0.2, 0.25) is 0 Å². The second kappa shape index (κ2) is 7.17. The Bertz CT molecular complexity index is 606. The summed E-state index contributed by atoms with van der Waals surface area (Å²) in [6.07, 6.45) is 5.17. The lowest BCUT2D eigenvalue weighted by atomic mass is 9.97. The van der Waals surface area contributed by atoms with Gasteiger partial charge in [0, 0.05) is 19.6 Å². The van der Waals surface area contributed by atoms with Gasteiger partial charge >= 0.3 is 0 Å². The number of carbonyl (C=O) groups is 1. The third-order valence-electron chi connectivity index (χ3n) is 3.87. The topological polar surface area (TPSA) is 69.0 Å². The zero-order chi connectivity index (χ0) is 15.2. The first-order chi connectivity index (χ1) is 10.8. The molecule has 1 atom stereocenters. The number of nitrogens with one attached hydrogen (secondary N) is 1. The van der Waals surface area contributed by atoms with Crippen molar-refractivity contribution >= 4 is 11.9 Å². The molecule has 0 aliphatic carbocycles. The van der Waals surface area contributed by atoms with Gasteiger partial charge in [-0.3, -0.25) is 14.7 Å². The maximum Gasteiger partial charge on any atom is 0.235 e. The maximum atomic E-state index is 12.1. The first kappa shape index (κ1) is 14.7. The van der Waals surface area contributed by atoms with Gasteiger partial charge < -0.3 is 4.74 Å². The van der Waals surface area contributed by atoms with Crippen LogP contribution in [0.25, 0.3) is 5.69 Å². The molecule has 1 aromatic carbocycles. The fourth-order valence-corrected chi connectivity index (χ4v) is 2.66. The van der Waals surface area contributed by atoms with Crippen LogP contribution >= 0.6 is 0 Å². The molecule has 2 heterocycles. The van der Waals surface area contributed by atoms with E-state index in [1.165, 1.54) is 0 Å². The van der Waals surface area contributed by atoms with E-state index in [0.717, 1.165) is 38.2 Å². The van der Waals surface area contributed by atoms with Crippen molar-refractivity contribution in [1.29, 1.82) is 0 Å². The van der Waals surface area contributed by atoms with Crippen LogP contribution in [0.4, 0.5) is 5.95 Å². The SMILES string of the molecule is O=C(CC[C@@H]1CCCOC1)Nc1nncn1-c1ccccc1. The molecule has 1 N–H and O–H groups in total. The lowest BCUT2D eigenvalue weighted by molar-refractivity contribution is -0.116. The van der Waals surface area contributed by atoms with E-state index >= 15 is 0 Å². The zero-order valence-corrected chi connectivity index (χ0v) is 12.4. The third-order valence-corrected chi connectivity index (χ3v) is 3.87. The maximum absolute atomic E-state index is 12.1. The monoisotopic (exact) mass is 300 g/mol. The van der Waals surface area contributed by atoms with E-state index < -0.39 is 0 Å². The summed E-state index contributed by atoms with van der Waals surface area (Å²) in [5.74, 6) is 0.915. The Morgan fingerprint density at radius 3 is 3.00 bits per heavy atom. The van der Waals surface area contributed by atoms with Gasteiger partial charge in [0.2, 0.25) is 11.9 Å². The van der Waals surface area contributed by atoms with E-state index in [1.54, 1.807) is 10.9 Å². The molecule has 1 aliphatic rings. The minimum Gasteiger partial charge on any atom is -0.381 e. The van der Waals surface area contributed by atoms with Crippen molar-refractivity contribution in [1.82, 2.24) is 14.8 Å². The van der Waals surface area contributed by atoms with Gasteiger partial charge in [0.15, 0.2) is 0 Å². The lowest BCUT2D eigenvalue weighted by Gasteiger charge is -2.21. The minimum absolute atomic E-state index is 0.0317. The highest BCUT2D eigenvalue weighted by molar-refractivity contribution is 5.89. The smallest absolute Gasteiger partial charge is 0.235 e. The first-order valence-electron chi connectivity index (χ1n) is 7.66. The lowest BCUT2D eigenvalue weighted by Crippen LogP contribution is -2.21. The first-order valence-corrected chi connectivity index (χ1v) is 7.66. The average Bonchev–Trinajstić information content (AvgIpc) is 3.03. The molecule has 0 radical (unpaired) electrons. The molecule has 0 saturated carbocycles. The fraction of sp³-hybridized carbons (Fsp3) is 0.438. The Hall–Kier alpha value is -2.21. The number of amides is 1. The molecule has 116 valence electrons. The normalized spacial score (nSPS) is 18.1. The van der Waals surface area contributed by atoms with Gasteiger partial charge in [-0.2, -0.15) is 0 Å². The van der Waals surface area contributed by atoms with E-state index in [-0.39, 0.29) is 5.91 Å². The van der Waals surface area contributed by atoms with Crippen molar-refractivity contribution < 1.29 is 9.53 Å². The van der Waals surface area contributed by atoms with Gasteiger partial charge in [0.25, 0.3) is 0 Å². The number of benzene rings is 1. The Labute approximate surface area is 129 Å². The van der Waals surface area contributed by atoms with Crippen LogP contribution < -0.4 is 5.32 Å². The summed E-state index contributed by atoms with van der Waals surface area (Å²) in [6, 6.07) is 9.70. The van der Waals surface area contributed by atoms with Crippen molar-refractivity contribution in [3.63, 3.8) is 0 Å². The second-order valence-corrected chi connectivity index (χ2v) is 5.53. The highest BCUT2D eigenvalue weighted by Gasteiger charge is 2.16. The van der Waals surface area contributed by atoms with E-state index in [4.69, 9.17) is 4.74 Å². The quantitative estimate of drug-likeness (QED) is 0.920. The summed E-state index contributed by atoms with van der Waals surface area (Å²) in [7, 11) is 0. The number of rotatable bonds is 5. The molecule has 0 spiro atoms. The Morgan fingerprint density at radius 2 is 2.23 bits per heavy atom. The molecule has 0 bridgehead atoms. The highest BCUT2D eigenvalue weighted by atomic mass is 16.5. The molecule has 1 aliphatic heterocycles. The number of anilines is 1. The van der Waals surface area contributed by atoms with Crippen molar-refractivity contribution in [2.45, 2.75) is 25.7 Å². The predicted molar refractivity (Wildman–Crippen MR) is 82.8 cm³/mol. The number of aromatic nitrogens is 3. The van der Waals surface area contributed by atoms with Gasteiger partial charge in [-0.1, -0.05) is 18.2 Å². The average molecular weight is 300 g/mol. The predicted octanol–water partition coefficient (Wildman–Crippen LogP) is 2.41. The van der Waals surface area contributed by atoms with Gasteiger partial charge in [-0.05, 0) is 37.3 Å². The van der Waals surface area contributed by atoms with Gasteiger partial charge in [-0.15, -0.1) is 10.2 Å². The van der Waals surface area contributed by atoms with Crippen LogP contribution in [0.15, 0.2) is 36.7 Å². The van der Waals surface area contributed by atoms with Crippen LogP contribution in [0.3, 0.4) is 0 Å². The molecule has 6 heteroatoms. The Kier molecular flexibility index (Phi) is 4.80. The zero-order valence-electron chi connectivity index (χ0n) is 12.4. The van der Waals surface area contributed by atoms with Crippen LogP contribution in [0.1, 0.15) is 25.7 Å². The molecular formula is C16H20N4O2. The molecule has 0 unspecified atom stereocenters. The number of ether oxygens (including phenoxy) is 1. The van der Waals surface area contributed by atoms with Crippen LogP contribution in [0, 0.1) is 5.92 Å². The second-order valence-electron chi connectivity index (χ2n) is 5.53. The number of para-hydroxylation sites is 1. The standard InChI is InChI=1S/C16H20N4O2/c21-15(9-8-13-5-4-10-22-11-13)18-16-19-17-12-20(16)14-6-2-1-3-7-14/h1-3,6-7,12-13H,4-5,8-11H2,(H,18,19,21)/t13-/m0/s1. The molecule has 22 heavy (non-hydrogen) atoms. The summed E-state index contributed by atoms with van der Waals surface area (Å²) in [4.78, 5) is 12.1. The Morgan fingerprint density at radius 1 is 1.36 bits per heavy atom. The molecule has 2 aromatic rings. The van der Waals surface area contributed by atoms with E-state index in [9.17, 15) is 4.79 Å². The fourth-order valence-electron chi connectivity index (χ4n) is 2.66.